The Morgan fingerprint density at radius 1 is 1.48 bits per heavy atom. The quantitative estimate of drug-likeness (QED) is 0.660. The number of rotatable bonds is 5. The van der Waals surface area contributed by atoms with Gasteiger partial charge in [0.2, 0.25) is 0 Å². The standard InChI is InChI=1S/C19H24N4O2/c1-6-23-16-10-17(25-5)14(12-21-22-18(24)7-8-20)9-15(16)13(2)11-19(23,3)4/h9-12H,6-7H2,1-5H3,(H,22,24)/b21-12-. The van der Waals surface area contributed by atoms with Gasteiger partial charge < -0.3 is 9.64 Å². The van der Waals surface area contributed by atoms with E-state index in [1.54, 1.807) is 13.2 Å². The topological polar surface area (TPSA) is 77.7 Å². The lowest BCUT2D eigenvalue weighted by Gasteiger charge is -2.43. The molecule has 1 heterocycles. The van der Waals surface area contributed by atoms with Crippen LogP contribution in [0.3, 0.4) is 0 Å². The third kappa shape index (κ3) is 3.82. The van der Waals surface area contributed by atoms with Crippen molar-refractivity contribution in [1.29, 1.82) is 5.26 Å². The SMILES string of the molecule is CCN1c2cc(OC)c(/C=N\NC(=O)CC#N)cc2C(C)=CC1(C)C. The average molecular weight is 340 g/mol. The van der Waals surface area contributed by atoms with Gasteiger partial charge in [-0.25, -0.2) is 5.43 Å². The number of hydrogen-bond donors (Lipinski definition) is 1. The highest BCUT2D eigenvalue weighted by atomic mass is 16.5. The second kappa shape index (κ2) is 7.39. The Balaban J connectivity index is 2.43. The Labute approximate surface area is 148 Å². The van der Waals surface area contributed by atoms with Crippen molar-refractivity contribution >= 4 is 23.4 Å². The van der Waals surface area contributed by atoms with E-state index in [0.29, 0.717) is 5.75 Å². The number of nitrogens with zero attached hydrogens (tertiary/aromatic N) is 3. The first-order chi connectivity index (χ1) is 11.8. The van der Waals surface area contributed by atoms with Crippen LogP contribution in [-0.4, -0.2) is 31.3 Å². The van der Waals surface area contributed by atoms with Crippen LogP contribution in [0.25, 0.3) is 5.57 Å². The molecule has 1 aromatic rings. The Morgan fingerprint density at radius 3 is 2.80 bits per heavy atom. The molecule has 0 aliphatic carbocycles. The first-order valence-electron chi connectivity index (χ1n) is 8.22. The van der Waals surface area contributed by atoms with Gasteiger partial charge in [-0.2, -0.15) is 10.4 Å². The molecule has 2 rings (SSSR count). The molecule has 1 aliphatic heterocycles. The zero-order chi connectivity index (χ0) is 18.6. The number of nitrogens with one attached hydrogen (secondary N) is 1. The van der Waals surface area contributed by atoms with Gasteiger partial charge in [0.1, 0.15) is 12.2 Å². The van der Waals surface area contributed by atoms with Crippen LogP contribution in [0, 0.1) is 11.3 Å². The molecule has 0 saturated carbocycles. The Kier molecular flexibility index (Phi) is 5.48. The minimum Gasteiger partial charge on any atom is -0.496 e. The number of likely N-dealkylation sites (N-methyl/N-ethyl adjacent to an activating group) is 1. The van der Waals surface area contributed by atoms with Gasteiger partial charge >= 0.3 is 0 Å². The number of hydrogen-bond acceptors (Lipinski definition) is 5. The third-order valence-corrected chi connectivity index (χ3v) is 4.28. The van der Waals surface area contributed by atoms with Crippen molar-refractivity contribution in [2.45, 2.75) is 39.7 Å². The van der Waals surface area contributed by atoms with Gasteiger partial charge in [0.15, 0.2) is 0 Å². The highest BCUT2D eigenvalue weighted by Gasteiger charge is 2.31. The summed E-state index contributed by atoms with van der Waals surface area (Å²) in [6, 6.07) is 5.80. The van der Waals surface area contributed by atoms with Crippen molar-refractivity contribution in [3.05, 3.63) is 29.3 Å². The fraction of sp³-hybridized carbons (Fsp3) is 0.421. The molecule has 0 radical (unpaired) electrons. The zero-order valence-corrected chi connectivity index (χ0v) is 15.4. The van der Waals surface area contributed by atoms with E-state index in [0.717, 1.165) is 23.4 Å². The third-order valence-electron chi connectivity index (χ3n) is 4.28. The van der Waals surface area contributed by atoms with Gasteiger partial charge in [-0.05, 0) is 39.3 Å². The Hall–Kier alpha value is -2.81. The molecule has 1 aliphatic rings. The van der Waals surface area contributed by atoms with Crippen LogP contribution in [0.5, 0.6) is 5.75 Å². The number of benzene rings is 1. The monoisotopic (exact) mass is 340 g/mol. The molecule has 132 valence electrons. The molecule has 25 heavy (non-hydrogen) atoms. The maximum absolute atomic E-state index is 11.3. The van der Waals surface area contributed by atoms with Crippen molar-refractivity contribution in [1.82, 2.24) is 5.43 Å². The molecule has 0 fully saturated rings. The molecule has 0 aromatic heterocycles. The lowest BCUT2D eigenvalue weighted by Crippen LogP contribution is -2.44. The predicted molar refractivity (Wildman–Crippen MR) is 99.7 cm³/mol. The molecule has 0 bridgehead atoms. The summed E-state index contributed by atoms with van der Waals surface area (Å²) >= 11 is 0. The summed E-state index contributed by atoms with van der Waals surface area (Å²) in [5, 5.41) is 12.4. The molecule has 0 unspecified atom stereocenters. The van der Waals surface area contributed by atoms with Crippen molar-refractivity contribution in [2.24, 2.45) is 5.10 Å². The summed E-state index contributed by atoms with van der Waals surface area (Å²) in [5.74, 6) is 0.242. The van der Waals surface area contributed by atoms with E-state index in [-0.39, 0.29) is 12.0 Å². The van der Waals surface area contributed by atoms with Crippen LogP contribution in [0.15, 0.2) is 23.3 Å². The minimum atomic E-state index is -0.439. The highest BCUT2D eigenvalue weighted by molar-refractivity contribution is 5.91. The first kappa shape index (κ1) is 18.5. The summed E-state index contributed by atoms with van der Waals surface area (Å²) in [7, 11) is 1.61. The smallest absolute Gasteiger partial charge is 0.254 e. The van der Waals surface area contributed by atoms with Gasteiger partial charge in [0, 0.05) is 29.4 Å². The van der Waals surface area contributed by atoms with Gasteiger partial charge in [-0.15, -0.1) is 0 Å². The van der Waals surface area contributed by atoms with E-state index in [1.807, 2.05) is 12.1 Å². The van der Waals surface area contributed by atoms with E-state index in [9.17, 15) is 4.79 Å². The molecular weight excluding hydrogens is 316 g/mol. The van der Waals surface area contributed by atoms with Crippen LogP contribution in [0.4, 0.5) is 5.69 Å². The lowest BCUT2D eigenvalue weighted by molar-refractivity contribution is -0.120. The first-order valence-corrected chi connectivity index (χ1v) is 8.22. The maximum Gasteiger partial charge on any atom is 0.254 e. The number of methoxy groups -OCH3 is 1. The van der Waals surface area contributed by atoms with Crippen LogP contribution >= 0.6 is 0 Å². The molecule has 0 spiro atoms. The number of nitriles is 1. The van der Waals surface area contributed by atoms with Crippen molar-refractivity contribution < 1.29 is 9.53 Å². The zero-order valence-electron chi connectivity index (χ0n) is 15.4. The van der Waals surface area contributed by atoms with E-state index in [2.05, 4.69) is 49.2 Å². The average Bonchev–Trinajstić information content (AvgIpc) is 2.54. The summed E-state index contributed by atoms with van der Waals surface area (Å²) in [4.78, 5) is 13.7. The van der Waals surface area contributed by atoms with Crippen LogP contribution in [0.1, 0.15) is 45.2 Å². The van der Waals surface area contributed by atoms with Gasteiger partial charge in [0.05, 0.1) is 24.9 Å². The number of amides is 1. The molecule has 1 amide bonds. The second-order valence-electron chi connectivity index (χ2n) is 6.46. The van der Waals surface area contributed by atoms with Gasteiger partial charge in [-0.1, -0.05) is 6.08 Å². The largest absolute Gasteiger partial charge is 0.496 e. The number of allylic oxidation sites excluding steroid dienone is 1. The molecule has 6 nitrogen and oxygen atoms in total. The maximum atomic E-state index is 11.3. The fourth-order valence-electron chi connectivity index (χ4n) is 3.26. The van der Waals surface area contributed by atoms with E-state index < -0.39 is 5.91 Å². The summed E-state index contributed by atoms with van der Waals surface area (Å²) < 4.78 is 5.51. The molecule has 6 heteroatoms. The second-order valence-corrected chi connectivity index (χ2v) is 6.46. The van der Waals surface area contributed by atoms with E-state index >= 15 is 0 Å². The lowest BCUT2D eigenvalue weighted by atomic mass is 9.88. The molecular formula is C19H24N4O2. The number of carbonyl (C=O) groups is 1. The molecule has 0 saturated heterocycles. The normalized spacial score (nSPS) is 15.4. The predicted octanol–water partition coefficient (Wildman–Crippen LogP) is 3.08. The number of fused-ring (bicyclic) bond motifs is 1. The summed E-state index contributed by atoms with van der Waals surface area (Å²) in [6.07, 6.45) is 3.57. The number of hydrazone groups is 1. The fourth-order valence-corrected chi connectivity index (χ4v) is 3.26. The van der Waals surface area contributed by atoms with Crippen molar-refractivity contribution in [3.63, 3.8) is 0 Å². The Morgan fingerprint density at radius 2 is 2.20 bits per heavy atom. The Bertz CT molecular complexity index is 772. The van der Waals surface area contributed by atoms with Crippen LogP contribution in [-0.2, 0) is 4.79 Å². The number of anilines is 1. The van der Waals surface area contributed by atoms with Crippen LogP contribution in [0.2, 0.25) is 0 Å². The minimum absolute atomic E-state index is 0.0717. The molecule has 0 atom stereocenters. The van der Waals surface area contributed by atoms with Crippen molar-refractivity contribution in [2.75, 3.05) is 18.6 Å². The highest BCUT2D eigenvalue weighted by Crippen LogP contribution is 2.41. The number of ether oxygens (including phenoxy) is 1. The molecule has 1 N–H and O–H groups in total. The summed E-state index contributed by atoms with van der Waals surface area (Å²) in [5.41, 5.74) is 6.46. The van der Waals surface area contributed by atoms with Gasteiger partial charge in [0.25, 0.3) is 5.91 Å². The number of carbonyl (C=O) groups excluding carboxylic acids is 1. The summed E-state index contributed by atoms with van der Waals surface area (Å²) in [6.45, 7) is 9.48. The van der Waals surface area contributed by atoms with Gasteiger partial charge in [-0.3, -0.25) is 4.79 Å². The van der Waals surface area contributed by atoms with Crippen molar-refractivity contribution in [3.8, 4) is 11.8 Å². The van der Waals surface area contributed by atoms with Crippen LogP contribution < -0.4 is 15.1 Å². The van der Waals surface area contributed by atoms with E-state index in [1.165, 1.54) is 11.8 Å². The molecule has 1 aromatic carbocycles. The van der Waals surface area contributed by atoms with E-state index in [4.69, 9.17) is 10.00 Å².